The number of hydrogen-bond acceptors (Lipinski definition) is 5. The van der Waals surface area contributed by atoms with Gasteiger partial charge in [0.25, 0.3) is 0 Å². The SMILES string of the molecule is O=C1C(=Cc2coc3ccc(Cl)cc3c2=O)Oc2cc(O)ccc21. The van der Waals surface area contributed by atoms with Crippen molar-refractivity contribution in [2.45, 2.75) is 0 Å². The quantitative estimate of drug-likeness (QED) is 0.682. The number of ketones is 1. The highest BCUT2D eigenvalue weighted by Crippen LogP contribution is 2.34. The number of aromatic hydroxyl groups is 1. The van der Waals surface area contributed by atoms with E-state index in [2.05, 4.69) is 0 Å². The monoisotopic (exact) mass is 340 g/mol. The Morgan fingerprint density at radius 3 is 2.75 bits per heavy atom. The predicted molar refractivity (Wildman–Crippen MR) is 88.5 cm³/mol. The van der Waals surface area contributed by atoms with E-state index in [1.165, 1.54) is 36.6 Å². The average molecular weight is 341 g/mol. The highest BCUT2D eigenvalue weighted by Gasteiger charge is 2.28. The van der Waals surface area contributed by atoms with Crippen LogP contribution in [0.3, 0.4) is 0 Å². The van der Waals surface area contributed by atoms with Gasteiger partial charge < -0.3 is 14.3 Å². The summed E-state index contributed by atoms with van der Waals surface area (Å²) in [7, 11) is 0. The molecule has 24 heavy (non-hydrogen) atoms. The number of benzene rings is 2. The molecule has 1 aliphatic rings. The van der Waals surface area contributed by atoms with Gasteiger partial charge >= 0.3 is 0 Å². The Hall–Kier alpha value is -3.05. The van der Waals surface area contributed by atoms with E-state index >= 15 is 0 Å². The lowest BCUT2D eigenvalue weighted by Gasteiger charge is -2.01. The Balaban J connectivity index is 1.82. The molecule has 0 amide bonds. The lowest BCUT2D eigenvalue weighted by molar-refractivity contribution is 0.101. The van der Waals surface area contributed by atoms with Crippen LogP contribution in [0.25, 0.3) is 17.0 Å². The highest BCUT2D eigenvalue weighted by atomic mass is 35.5. The summed E-state index contributed by atoms with van der Waals surface area (Å²) in [6.45, 7) is 0. The molecule has 0 fully saturated rings. The summed E-state index contributed by atoms with van der Waals surface area (Å²) in [6, 6.07) is 8.95. The van der Waals surface area contributed by atoms with Crippen molar-refractivity contribution in [1.29, 1.82) is 0 Å². The molecule has 118 valence electrons. The first-order chi connectivity index (χ1) is 11.5. The fourth-order valence-corrected chi connectivity index (χ4v) is 2.71. The van der Waals surface area contributed by atoms with Crippen molar-refractivity contribution in [3.05, 3.63) is 74.8 Å². The van der Waals surface area contributed by atoms with E-state index in [-0.39, 0.29) is 34.0 Å². The Labute approximate surface area is 140 Å². The van der Waals surface area contributed by atoms with Crippen LogP contribution < -0.4 is 10.2 Å². The minimum Gasteiger partial charge on any atom is -0.508 e. The molecule has 2 aromatic carbocycles. The Kier molecular flexibility index (Phi) is 3.18. The zero-order chi connectivity index (χ0) is 16.8. The van der Waals surface area contributed by atoms with Crippen LogP contribution in [0, 0.1) is 0 Å². The summed E-state index contributed by atoms with van der Waals surface area (Å²) in [5.74, 6) is -0.137. The fourth-order valence-electron chi connectivity index (χ4n) is 2.53. The number of phenolic OH excluding ortho intramolecular Hbond substituents is 1. The standard InChI is InChI=1S/C18H9ClO5/c19-10-1-4-14-13(6-10)17(21)9(8-23-14)5-16-18(22)12-3-2-11(20)7-15(12)24-16/h1-8,20H. The van der Waals surface area contributed by atoms with E-state index in [9.17, 15) is 14.7 Å². The second-order valence-corrected chi connectivity index (χ2v) is 5.72. The van der Waals surface area contributed by atoms with Crippen LogP contribution in [-0.2, 0) is 0 Å². The largest absolute Gasteiger partial charge is 0.508 e. The van der Waals surface area contributed by atoms with Crippen LogP contribution in [0.1, 0.15) is 15.9 Å². The van der Waals surface area contributed by atoms with Gasteiger partial charge in [-0.25, -0.2) is 0 Å². The molecule has 0 radical (unpaired) electrons. The number of Topliss-reactive ketones (excluding diaryl/α,β-unsaturated/α-hetero) is 1. The van der Waals surface area contributed by atoms with Gasteiger partial charge in [-0.15, -0.1) is 0 Å². The summed E-state index contributed by atoms with van der Waals surface area (Å²) >= 11 is 5.91. The molecule has 0 atom stereocenters. The van der Waals surface area contributed by atoms with Crippen LogP contribution in [-0.4, -0.2) is 10.9 Å². The van der Waals surface area contributed by atoms with Crippen molar-refractivity contribution in [2.75, 3.05) is 0 Å². The molecule has 1 aromatic heterocycles. The zero-order valence-corrected chi connectivity index (χ0v) is 12.8. The molecule has 1 aliphatic heterocycles. The normalized spacial score (nSPS) is 14.9. The van der Waals surface area contributed by atoms with Gasteiger partial charge in [0.1, 0.15) is 23.3 Å². The van der Waals surface area contributed by atoms with E-state index < -0.39 is 0 Å². The molecule has 0 aliphatic carbocycles. The van der Waals surface area contributed by atoms with Crippen LogP contribution >= 0.6 is 11.6 Å². The molecule has 0 saturated carbocycles. The number of halogens is 1. The maximum absolute atomic E-state index is 12.5. The molecule has 0 saturated heterocycles. The lowest BCUT2D eigenvalue weighted by Crippen LogP contribution is -2.07. The number of carbonyl (C=O) groups is 1. The van der Waals surface area contributed by atoms with Crippen molar-refractivity contribution < 1.29 is 19.1 Å². The van der Waals surface area contributed by atoms with Crippen LogP contribution in [0.5, 0.6) is 11.5 Å². The highest BCUT2D eigenvalue weighted by molar-refractivity contribution is 6.31. The summed E-state index contributed by atoms with van der Waals surface area (Å²) in [6.07, 6.45) is 2.59. The summed E-state index contributed by atoms with van der Waals surface area (Å²) in [5, 5.41) is 10.2. The Morgan fingerprint density at radius 1 is 1.08 bits per heavy atom. The van der Waals surface area contributed by atoms with Gasteiger partial charge in [0.2, 0.25) is 5.78 Å². The molecule has 4 rings (SSSR count). The summed E-state index contributed by atoms with van der Waals surface area (Å²) in [4.78, 5) is 24.8. The van der Waals surface area contributed by atoms with Gasteiger partial charge in [-0.2, -0.15) is 0 Å². The van der Waals surface area contributed by atoms with Crippen LogP contribution in [0.2, 0.25) is 5.02 Å². The van der Waals surface area contributed by atoms with E-state index in [4.69, 9.17) is 20.8 Å². The predicted octanol–water partition coefficient (Wildman–Crippen LogP) is 3.77. The van der Waals surface area contributed by atoms with Gasteiger partial charge in [-0.05, 0) is 36.4 Å². The maximum Gasteiger partial charge on any atom is 0.231 e. The molecule has 2 heterocycles. The number of allylic oxidation sites excluding steroid dienone is 1. The number of ether oxygens (including phenoxy) is 1. The molecule has 0 unspecified atom stereocenters. The molecule has 6 heteroatoms. The third kappa shape index (κ3) is 2.26. The number of fused-ring (bicyclic) bond motifs is 2. The topological polar surface area (TPSA) is 76.7 Å². The maximum atomic E-state index is 12.5. The van der Waals surface area contributed by atoms with Gasteiger partial charge in [0.05, 0.1) is 16.5 Å². The van der Waals surface area contributed by atoms with Crippen molar-refractivity contribution in [3.63, 3.8) is 0 Å². The van der Waals surface area contributed by atoms with Gasteiger partial charge in [0.15, 0.2) is 11.2 Å². The molecule has 3 aromatic rings. The summed E-state index contributed by atoms with van der Waals surface area (Å²) in [5.41, 5.74) is 0.581. The fraction of sp³-hybridized carbons (Fsp3) is 0. The van der Waals surface area contributed by atoms with E-state index in [1.807, 2.05) is 0 Å². The smallest absolute Gasteiger partial charge is 0.231 e. The lowest BCUT2D eigenvalue weighted by atomic mass is 10.1. The van der Waals surface area contributed by atoms with E-state index in [1.54, 1.807) is 12.1 Å². The first-order valence-electron chi connectivity index (χ1n) is 7.01. The zero-order valence-electron chi connectivity index (χ0n) is 12.1. The third-order valence-electron chi connectivity index (χ3n) is 3.70. The molecule has 5 nitrogen and oxygen atoms in total. The number of hydrogen-bond donors (Lipinski definition) is 1. The van der Waals surface area contributed by atoms with Crippen molar-refractivity contribution in [2.24, 2.45) is 0 Å². The summed E-state index contributed by atoms with van der Waals surface area (Å²) < 4.78 is 10.8. The second-order valence-electron chi connectivity index (χ2n) is 5.28. The van der Waals surface area contributed by atoms with E-state index in [0.29, 0.717) is 21.6 Å². The Bertz CT molecular complexity index is 1090. The minimum atomic E-state index is -0.365. The van der Waals surface area contributed by atoms with Crippen molar-refractivity contribution in [1.82, 2.24) is 0 Å². The van der Waals surface area contributed by atoms with E-state index in [0.717, 1.165) is 0 Å². The molecular formula is C18H9ClO5. The van der Waals surface area contributed by atoms with Crippen LogP contribution in [0.4, 0.5) is 0 Å². The number of carbonyl (C=O) groups excluding carboxylic acids is 1. The van der Waals surface area contributed by atoms with Crippen molar-refractivity contribution in [3.8, 4) is 11.5 Å². The molecule has 0 spiro atoms. The van der Waals surface area contributed by atoms with Crippen molar-refractivity contribution >= 4 is 34.4 Å². The van der Waals surface area contributed by atoms with Gasteiger partial charge in [0, 0.05) is 11.1 Å². The van der Waals surface area contributed by atoms with Gasteiger partial charge in [-0.3, -0.25) is 9.59 Å². The van der Waals surface area contributed by atoms with Gasteiger partial charge in [-0.1, -0.05) is 11.6 Å². The second kappa shape index (κ2) is 5.25. The molecular weight excluding hydrogens is 332 g/mol. The number of phenols is 1. The Morgan fingerprint density at radius 2 is 1.92 bits per heavy atom. The molecule has 0 bridgehead atoms. The third-order valence-corrected chi connectivity index (χ3v) is 3.94. The first-order valence-corrected chi connectivity index (χ1v) is 7.39. The average Bonchev–Trinajstić information content (AvgIpc) is 2.86. The molecule has 1 N–H and O–H groups in total. The minimum absolute atomic E-state index is 0.00993. The van der Waals surface area contributed by atoms with Crippen LogP contribution in [0.15, 0.2) is 57.6 Å². The first kappa shape index (κ1) is 14.5. The number of rotatable bonds is 1.